The van der Waals surface area contributed by atoms with Gasteiger partial charge in [-0.3, -0.25) is 9.59 Å². The molecule has 0 heterocycles. The number of rotatable bonds is 5. The summed E-state index contributed by atoms with van der Waals surface area (Å²) >= 11 is 0. The van der Waals surface area contributed by atoms with Gasteiger partial charge < -0.3 is 10.0 Å². The molecule has 18 heavy (non-hydrogen) atoms. The summed E-state index contributed by atoms with van der Waals surface area (Å²) in [4.78, 5) is 25.1. The van der Waals surface area contributed by atoms with Crippen LogP contribution in [0.15, 0.2) is 12.2 Å². The summed E-state index contributed by atoms with van der Waals surface area (Å²) < 4.78 is 0. The monoisotopic (exact) mass is 253 g/mol. The second-order valence-corrected chi connectivity index (χ2v) is 5.45. The van der Waals surface area contributed by atoms with Gasteiger partial charge in [-0.05, 0) is 25.7 Å². The van der Waals surface area contributed by atoms with Gasteiger partial charge in [-0.15, -0.1) is 0 Å². The highest BCUT2D eigenvalue weighted by molar-refractivity contribution is 5.85. The number of amides is 1. The summed E-state index contributed by atoms with van der Waals surface area (Å²) in [5, 5.41) is 9.22. The lowest BCUT2D eigenvalue weighted by Gasteiger charge is -2.23. The molecule has 0 aromatic rings. The zero-order chi connectivity index (χ0) is 13.9. The largest absolute Gasteiger partial charge is 0.481 e. The van der Waals surface area contributed by atoms with Crippen molar-refractivity contribution in [3.63, 3.8) is 0 Å². The molecule has 0 radical (unpaired) electrons. The van der Waals surface area contributed by atoms with Crippen LogP contribution in [0.3, 0.4) is 0 Å². The lowest BCUT2D eigenvalue weighted by Crippen LogP contribution is -2.37. The minimum atomic E-state index is -0.840. The number of carboxylic acids is 1. The van der Waals surface area contributed by atoms with Crippen molar-refractivity contribution in [2.24, 2.45) is 17.8 Å². The van der Waals surface area contributed by atoms with Crippen LogP contribution in [0.25, 0.3) is 0 Å². The maximum absolute atomic E-state index is 12.3. The van der Waals surface area contributed by atoms with E-state index < -0.39 is 11.9 Å². The first-order valence-corrected chi connectivity index (χ1v) is 6.49. The summed E-state index contributed by atoms with van der Waals surface area (Å²) in [5.41, 5.74) is 0.905. The summed E-state index contributed by atoms with van der Waals surface area (Å²) in [5.74, 6) is -1.42. The van der Waals surface area contributed by atoms with Crippen molar-refractivity contribution in [2.45, 2.75) is 33.1 Å². The fourth-order valence-corrected chi connectivity index (χ4v) is 2.79. The van der Waals surface area contributed by atoms with Gasteiger partial charge in [-0.25, -0.2) is 0 Å². The fraction of sp³-hybridized carbons (Fsp3) is 0.714. The van der Waals surface area contributed by atoms with Crippen LogP contribution in [-0.4, -0.2) is 35.5 Å². The first-order chi connectivity index (χ1) is 8.36. The molecular formula is C14H23NO3. The molecule has 1 rings (SSSR count). The third-order valence-corrected chi connectivity index (χ3v) is 3.76. The third-order valence-electron chi connectivity index (χ3n) is 3.76. The number of carbonyl (C=O) groups excluding carboxylic acids is 1. The van der Waals surface area contributed by atoms with Gasteiger partial charge in [0.05, 0.1) is 11.8 Å². The van der Waals surface area contributed by atoms with Crippen molar-refractivity contribution in [2.75, 3.05) is 13.6 Å². The number of likely N-dealkylation sites (N-methyl/N-ethyl adjacent to an activating group) is 1. The molecule has 0 aliphatic heterocycles. The summed E-state index contributed by atoms with van der Waals surface area (Å²) in [6, 6.07) is 0. The lowest BCUT2D eigenvalue weighted by atomic mass is 9.95. The fourth-order valence-electron chi connectivity index (χ4n) is 2.79. The first-order valence-electron chi connectivity index (χ1n) is 6.49. The predicted molar refractivity (Wildman–Crippen MR) is 70.1 cm³/mol. The molecule has 1 fully saturated rings. The minimum Gasteiger partial charge on any atom is -0.481 e. The molecule has 0 aromatic carbocycles. The van der Waals surface area contributed by atoms with Crippen molar-refractivity contribution >= 4 is 11.9 Å². The van der Waals surface area contributed by atoms with E-state index in [0.29, 0.717) is 25.3 Å². The second kappa shape index (κ2) is 6.03. The van der Waals surface area contributed by atoms with E-state index in [1.807, 2.05) is 13.8 Å². The molecule has 4 nitrogen and oxygen atoms in total. The predicted octanol–water partition coefficient (Wildman–Crippen LogP) is 2.16. The molecule has 0 aromatic heterocycles. The normalized spacial score (nSPS) is 26.9. The van der Waals surface area contributed by atoms with E-state index in [2.05, 4.69) is 6.58 Å². The number of hydrogen-bond acceptors (Lipinski definition) is 2. The van der Waals surface area contributed by atoms with Crippen LogP contribution in [0.2, 0.25) is 0 Å². The molecule has 0 saturated heterocycles. The minimum absolute atomic E-state index is 0.0543. The van der Waals surface area contributed by atoms with E-state index in [9.17, 15) is 14.7 Å². The quantitative estimate of drug-likeness (QED) is 0.764. The van der Waals surface area contributed by atoms with Gasteiger partial charge in [-0.2, -0.15) is 0 Å². The number of nitrogens with zero attached hydrogens (tertiary/aromatic N) is 1. The van der Waals surface area contributed by atoms with Gasteiger partial charge in [0.1, 0.15) is 0 Å². The Kier molecular flexibility index (Phi) is 4.93. The highest BCUT2D eigenvalue weighted by Gasteiger charge is 2.42. The van der Waals surface area contributed by atoms with E-state index in [1.165, 1.54) is 0 Å². The average Bonchev–Trinajstić information content (AvgIpc) is 2.71. The SMILES string of the molecule is C=C(C)CN(C)C(=O)[C@H]1CC(CC)C[C@H]1C(=O)O. The van der Waals surface area contributed by atoms with E-state index in [-0.39, 0.29) is 11.8 Å². The van der Waals surface area contributed by atoms with Gasteiger partial charge in [0, 0.05) is 13.6 Å². The van der Waals surface area contributed by atoms with E-state index >= 15 is 0 Å². The molecule has 1 N–H and O–H groups in total. The van der Waals surface area contributed by atoms with Crippen LogP contribution in [0.4, 0.5) is 0 Å². The Bertz CT molecular complexity index is 351. The summed E-state index contributed by atoms with van der Waals surface area (Å²) in [7, 11) is 1.72. The van der Waals surface area contributed by atoms with Crippen LogP contribution in [0.5, 0.6) is 0 Å². The zero-order valence-corrected chi connectivity index (χ0v) is 11.5. The average molecular weight is 253 g/mol. The van der Waals surface area contributed by atoms with Crippen molar-refractivity contribution < 1.29 is 14.7 Å². The van der Waals surface area contributed by atoms with Crippen LogP contribution in [0, 0.1) is 17.8 Å². The van der Waals surface area contributed by atoms with Gasteiger partial charge >= 0.3 is 5.97 Å². The highest BCUT2D eigenvalue weighted by Crippen LogP contribution is 2.39. The van der Waals surface area contributed by atoms with Crippen LogP contribution < -0.4 is 0 Å². The molecule has 0 bridgehead atoms. The van der Waals surface area contributed by atoms with E-state index in [4.69, 9.17) is 0 Å². The molecular weight excluding hydrogens is 230 g/mol. The Balaban J connectivity index is 2.76. The Morgan fingerprint density at radius 2 is 1.89 bits per heavy atom. The van der Waals surface area contributed by atoms with Crippen molar-refractivity contribution in [3.8, 4) is 0 Å². The van der Waals surface area contributed by atoms with Crippen molar-refractivity contribution in [1.82, 2.24) is 4.90 Å². The molecule has 1 saturated carbocycles. The number of carboxylic acid groups (broad SMARTS) is 1. The van der Waals surface area contributed by atoms with Gasteiger partial charge in [-0.1, -0.05) is 25.5 Å². The molecule has 4 heteroatoms. The third kappa shape index (κ3) is 3.34. The summed E-state index contributed by atoms with van der Waals surface area (Å²) in [6.45, 7) is 8.19. The Morgan fingerprint density at radius 3 is 2.33 bits per heavy atom. The van der Waals surface area contributed by atoms with Crippen LogP contribution in [0.1, 0.15) is 33.1 Å². The van der Waals surface area contributed by atoms with Gasteiger partial charge in [0.15, 0.2) is 0 Å². The van der Waals surface area contributed by atoms with Crippen LogP contribution in [-0.2, 0) is 9.59 Å². The standard InChI is InChI=1S/C14H23NO3/c1-5-10-6-11(12(7-10)14(17)18)13(16)15(4)8-9(2)3/h10-12H,2,5-8H2,1,3-4H3,(H,17,18)/t10?,11-,12+/m0/s1. The topological polar surface area (TPSA) is 57.6 Å². The maximum Gasteiger partial charge on any atom is 0.307 e. The number of hydrogen-bond donors (Lipinski definition) is 1. The highest BCUT2D eigenvalue weighted by atomic mass is 16.4. The molecule has 1 aliphatic rings. The number of aliphatic carboxylic acids is 1. The Morgan fingerprint density at radius 1 is 1.33 bits per heavy atom. The lowest BCUT2D eigenvalue weighted by molar-refractivity contribution is -0.148. The van der Waals surface area contributed by atoms with E-state index in [0.717, 1.165) is 12.0 Å². The van der Waals surface area contributed by atoms with Gasteiger partial charge in [0.25, 0.3) is 0 Å². The Hall–Kier alpha value is -1.32. The smallest absolute Gasteiger partial charge is 0.307 e. The molecule has 0 spiro atoms. The molecule has 1 aliphatic carbocycles. The Labute approximate surface area is 109 Å². The van der Waals surface area contributed by atoms with Crippen molar-refractivity contribution in [3.05, 3.63) is 12.2 Å². The maximum atomic E-state index is 12.3. The zero-order valence-electron chi connectivity index (χ0n) is 11.5. The molecule has 102 valence electrons. The van der Waals surface area contributed by atoms with Gasteiger partial charge in [0.2, 0.25) is 5.91 Å². The van der Waals surface area contributed by atoms with E-state index in [1.54, 1.807) is 11.9 Å². The molecule has 1 amide bonds. The first kappa shape index (κ1) is 14.7. The van der Waals surface area contributed by atoms with Crippen LogP contribution >= 0.6 is 0 Å². The molecule has 3 atom stereocenters. The summed E-state index contributed by atoms with van der Waals surface area (Å²) in [6.07, 6.45) is 2.27. The van der Waals surface area contributed by atoms with Crippen molar-refractivity contribution in [1.29, 1.82) is 0 Å². The number of carbonyl (C=O) groups is 2. The molecule has 1 unspecified atom stereocenters. The second-order valence-electron chi connectivity index (χ2n) is 5.45.